The summed E-state index contributed by atoms with van der Waals surface area (Å²) in [7, 11) is 1.67. The van der Waals surface area contributed by atoms with Crippen molar-refractivity contribution in [2.24, 2.45) is 5.92 Å². The Labute approximate surface area is 78.7 Å². The smallest absolute Gasteiger partial charge is 0.228 e. The van der Waals surface area contributed by atoms with E-state index >= 15 is 0 Å². The zero-order valence-electron chi connectivity index (χ0n) is 7.86. The predicted molar refractivity (Wildman–Crippen MR) is 49.8 cm³/mol. The minimum atomic E-state index is -0.465. The molecular weight excluding hydrogens is 166 g/mol. The lowest BCUT2D eigenvalue weighted by atomic mass is 10.0. The Morgan fingerprint density at radius 3 is 2.85 bits per heavy atom. The molecule has 0 radical (unpaired) electrons. The van der Waals surface area contributed by atoms with Crippen molar-refractivity contribution < 1.29 is 9.90 Å². The Balaban J connectivity index is 2.52. The first-order chi connectivity index (χ1) is 6.16. The number of aliphatic hydroxyl groups is 1. The second-order valence-electron chi connectivity index (χ2n) is 3.50. The van der Waals surface area contributed by atoms with E-state index in [1.54, 1.807) is 7.05 Å². The molecule has 72 valence electrons. The van der Waals surface area contributed by atoms with Gasteiger partial charge in [-0.05, 0) is 19.3 Å². The molecule has 0 heterocycles. The third-order valence-corrected chi connectivity index (χ3v) is 2.50. The number of carbonyl (C=O) groups excluding carboxylic acids is 1. The highest BCUT2D eigenvalue weighted by atomic mass is 16.3. The van der Waals surface area contributed by atoms with E-state index in [4.69, 9.17) is 6.42 Å². The van der Waals surface area contributed by atoms with Crippen molar-refractivity contribution in [3.05, 3.63) is 0 Å². The highest BCUT2D eigenvalue weighted by Crippen LogP contribution is 2.26. The minimum Gasteiger partial charge on any atom is -0.392 e. The summed E-state index contributed by atoms with van der Waals surface area (Å²) < 4.78 is 0. The summed E-state index contributed by atoms with van der Waals surface area (Å²) in [5, 5.41) is 9.48. The molecular formula is C10H15NO2. The molecule has 0 aromatic carbocycles. The molecule has 3 nitrogen and oxygen atoms in total. The molecule has 0 bridgehead atoms. The molecule has 0 saturated heterocycles. The van der Waals surface area contributed by atoms with Crippen LogP contribution in [0.25, 0.3) is 0 Å². The lowest BCUT2D eigenvalue weighted by Crippen LogP contribution is -2.36. The van der Waals surface area contributed by atoms with E-state index in [0.717, 1.165) is 19.3 Å². The summed E-state index contributed by atoms with van der Waals surface area (Å²) in [4.78, 5) is 13.1. The van der Waals surface area contributed by atoms with Gasteiger partial charge in [-0.2, -0.15) is 0 Å². The largest absolute Gasteiger partial charge is 0.392 e. The molecule has 1 rings (SSSR count). The Hall–Kier alpha value is -1.01. The molecule has 1 aliphatic rings. The SMILES string of the molecule is C#CCN(C)C(=O)C1CCCC1O. The van der Waals surface area contributed by atoms with Crippen LogP contribution >= 0.6 is 0 Å². The summed E-state index contributed by atoms with van der Waals surface area (Å²) in [6, 6.07) is 0. The number of hydrogen-bond acceptors (Lipinski definition) is 2. The van der Waals surface area contributed by atoms with Gasteiger partial charge in [-0.15, -0.1) is 6.42 Å². The van der Waals surface area contributed by atoms with Gasteiger partial charge in [-0.3, -0.25) is 4.79 Å². The highest BCUT2D eigenvalue weighted by molar-refractivity contribution is 5.79. The second kappa shape index (κ2) is 4.29. The first kappa shape index (κ1) is 10.1. The highest BCUT2D eigenvalue weighted by Gasteiger charge is 2.32. The van der Waals surface area contributed by atoms with Crippen molar-refractivity contribution in [2.45, 2.75) is 25.4 Å². The predicted octanol–water partition coefficient (Wildman–Crippen LogP) is 0.239. The molecule has 1 N–H and O–H groups in total. The molecule has 0 aromatic rings. The van der Waals surface area contributed by atoms with Gasteiger partial charge in [0.05, 0.1) is 18.6 Å². The van der Waals surface area contributed by atoms with Crippen molar-refractivity contribution in [1.29, 1.82) is 0 Å². The van der Waals surface area contributed by atoms with E-state index in [2.05, 4.69) is 5.92 Å². The standard InChI is InChI=1S/C10H15NO2/c1-3-7-11(2)10(13)8-5-4-6-9(8)12/h1,8-9,12H,4-7H2,2H3. The number of terminal acetylenes is 1. The molecule has 2 atom stereocenters. The monoisotopic (exact) mass is 181 g/mol. The summed E-state index contributed by atoms with van der Waals surface area (Å²) in [5.74, 6) is 2.16. The molecule has 0 aromatic heterocycles. The van der Waals surface area contributed by atoms with Gasteiger partial charge in [0.25, 0.3) is 0 Å². The average Bonchev–Trinajstić information content (AvgIpc) is 2.50. The van der Waals surface area contributed by atoms with Crippen LogP contribution in [0.15, 0.2) is 0 Å². The van der Waals surface area contributed by atoms with Gasteiger partial charge in [0.15, 0.2) is 0 Å². The molecule has 1 saturated carbocycles. The molecule has 1 amide bonds. The van der Waals surface area contributed by atoms with Gasteiger partial charge >= 0.3 is 0 Å². The van der Waals surface area contributed by atoms with Gasteiger partial charge in [-0.1, -0.05) is 5.92 Å². The van der Waals surface area contributed by atoms with Crippen LogP contribution in [0.1, 0.15) is 19.3 Å². The molecule has 0 spiro atoms. The van der Waals surface area contributed by atoms with Gasteiger partial charge in [0.1, 0.15) is 0 Å². The van der Waals surface area contributed by atoms with Crippen LogP contribution in [-0.4, -0.2) is 35.6 Å². The van der Waals surface area contributed by atoms with Crippen molar-refractivity contribution in [1.82, 2.24) is 4.90 Å². The van der Waals surface area contributed by atoms with E-state index in [1.165, 1.54) is 4.90 Å². The fourth-order valence-corrected chi connectivity index (χ4v) is 1.73. The molecule has 2 unspecified atom stereocenters. The third-order valence-electron chi connectivity index (χ3n) is 2.50. The van der Waals surface area contributed by atoms with E-state index < -0.39 is 6.10 Å². The number of carbonyl (C=O) groups is 1. The molecule has 1 fully saturated rings. The number of hydrogen-bond donors (Lipinski definition) is 1. The van der Waals surface area contributed by atoms with Crippen LogP contribution in [0.3, 0.4) is 0 Å². The van der Waals surface area contributed by atoms with Crippen LogP contribution in [0.4, 0.5) is 0 Å². The maximum atomic E-state index is 11.6. The fraction of sp³-hybridized carbons (Fsp3) is 0.700. The molecule has 3 heteroatoms. The Kier molecular flexibility index (Phi) is 3.32. The second-order valence-corrected chi connectivity index (χ2v) is 3.50. The average molecular weight is 181 g/mol. The number of amides is 1. The van der Waals surface area contributed by atoms with Gasteiger partial charge in [-0.25, -0.2) is 0 Å². The van der Waals surface area contributed by atoms with E-state index in [-0.39, 0.29) is 11.8 Å². The summed E-state index contributed by atoms with van der Waals surface area (Å²) in [6.07, 6.45) is 7.08. The molecule has 13 heavy (non-hydrogen) atoms. The topological polar surface area (TPSA) is 40.5 Å². The quantitative estimate of drug-likeness (QED) is 0.620. The van der Waals surface area contributed by atoms with Crippen LogP contribution in [0.5, 0.6) is 0 Å². The van der Waals surface area contributed by atoms with Crippen LogP contribution < -0.4 is 0 Å². The van der Waals surface area contributed by atoms with Crippen molar-refractivity contribution in [3.8, 4) is 12.3 Å². The van der Waals surface area contributed by atoms with E-state index in [1.807, 2.05) is 0 Å². The van der Waals surface area contributed by atoms with E-state index in [0.29, 0.717) is 6.54 Å². The minimum absolute atomic E-state index is 0.0250. The van der Waals surface area contributed by atoms with E-state index in [9.17, 15) is 9.90 Å². The van der Waals surface area contributed by atoms with Crippen molar-refractivity contribution >= 4 is 5.91 Å². The first-order valence-corrected chi connectivity index (χ1v) is 4.53. The molecule has 0 aliphatic heterocycles. The van der Waals surface area contributed by atoms with Crippen molar-refractivity contribution in [2.75, 3.05) is 13.6 Å². The van der Waals surface area contributed by atoms with Crippen molar-refractivity contribution in [3.63, 3.8) is 0 Å². The first-order valence-electron chi connectivity index (χ1n) is 4.53. The summed E-state index contributed by atoms with van der Waals surface area (Å²) in [5.41, 5.74) is 0. The number of rotatable bonds is 2. The van der Waals surface area contributed by atoms with Crippen LogP contribution in [-0.2, 0) is 4.79 Å². The summed E-state index contributed by atoms with van der Waals surface area (Å²) >= 11 is 0. The summed E-state index contributed by atoms with van der Waals surface area (Å²) in [6.45, 7) is 0.321. The maximum absolute atomic E-state index is 11.6. The van der Waals surface area contributed by atoms with Crippen LogP contribution in [0.2, 0.25) is 0 Å². The lowest BCUT2D eigenvalue weighted by molar-refractivity contribution is -0.136. The number of nitrogens with zero attached hydrogens (tertiary/aromatic N) is 1. The Morgan fingerprint density at radius 2 is 2.38 bits per heavy atom. The normalized spacial score (nSPS) is 26.8. The lowest BCUT2D eigenvalue weighted by Gasteiger charge is -2.20. The maximum Gasteiger partial charge on any atom is 0.228 e. The van der Waals surface area contributed by atoms with Gasteiger partial charge in [0.2, 0.25) is 5.91 Å². The Bertz CT molecular complexity index is 232. The van der Waals surface area contributed by atoms with Gasteiger partial charge < -0.3 is 10.0 Å². The fourth-order valence-electron chi connectivity index (χ4n) is 1.73. The van der Waals surface area contributed by atoms with Gasteiger partial charge in [0, 0.05) is 7.05 Å². The third kappa shape index (κ3) is 2.22. The zero-order chi connectivity index (χ0) is 9.84. The molecule has 1 aliphatic carbocycles. The van der Waals surface area contributed by atoms with Crippen LogP contribution in [0, 0.1) is 18.3 Å². The number of aliphatic hydroxyl groups excluding tert-OH is 1. The Morgan fingerprint density at radius 1 is 1.69 bits per heavy atom. The zero-order valence-corrected chi connectivity index (χ0v) is 7.86.